The van der Waals surface area contributed by atoms with Gasteiger partial charge in [-0.3, -0.25) is 14.2 Å². The number of carbonyl (C=O) groups is 2. The van der Waals surface area contributed by atoms with Crippen molar-refractivity contribution in [2.24, 2.45) is 0 Å². The molecule has 0 N–H and O–H groups in total. The molecule has 0 saturated heterocycles. The van der Waals surface area contributed by atoms with Gasteiger partial charge < -0.3 is 9.30 Å². The van der Waals surface area contributed by atoms with Crippen molar-refractivity contribution in [3.05, 3.63) is 81.0 Å². The van der Waals surface area contributed by atoms with E-state index in [9.17, 15) is 14.4 Å². The van der Waals surface area contributed by atoms with Gasteiger partial charge in [-0.2, -0.15) is 0 Å². The van der Waals surface area contributed by atoms with E-state index in [-0.39, 0.29) is 17.9 Å². The van der Waals surface area contributed by atoms with Gasteiger partial charge in [0.2, 0.25) is 0 Å². The largest absolute Gasteiger partial charge is 0.465 e. The smallest absolute Gasteiger partial charge is 0.337 e. The number of rotatable bonds is 5. The van der Waals surface area contributed by atoms with Gasteiger partial charge in [-0.15, -0.1) is 11.3 Å². The normalized spacial score (nSPS) is 11.0. The van der Waals surface area contributed by atoms with E-state index in [0.29, 0.717) is 21.3 Å². The first-order valence-corrected chi connectivity index (χ1v) is 10.1. The lowest BCUT2D eigenvalue weighted by Gasteiger charge is -2.11. The minimum absolute atomic E-state index is 0.0802. The van der Waals surface area contributed by atoms with Crippen LogP contribution < -0.4 is 5.56 Å². The summed E-state index contributed by atoms with van der Waals surface area (Å²) >= 11 is 1.39. The highest BCUT2D eigenvalue weighted by Gasteiger charge is 2.18. The van der Waals surface area contributed by atoms with Gasteiger partial charge >= 0.3 is 5.97 Å². The lowest BCUT2D eigenvalue weighted by Crippen LogP contribution is -2.24. The summed E-state index contributed by atoms with van der Waals surface area (Å²) < 4.78 is 8.01. The zero-order valence-corrected chi connectivity index (χ0v) is 17.5. The van der Waals surface area contributed by atoms with E-state index in [1.54, 1.807) is 30.3 Å². The van der Waals surface area contributed by atoms with E-state index in [1.807, 2.05) is 29.9 Å². The molecule has 0 radical (unpaired) electrons. The van der Waals surface area contributed by atoms with Crippen molar-refractivity contribution in [1.82, 2.24) is 14.1 Å². The summed E-state index contributed by atoms with van der Waals surface area (Å²) in [6.07, 6.45) is 1.42. The highest BCUT2D eigenvalue weighted by Crippen LogP contribution is 2.22. The zero-order valence-electron chi connectivity index (χ0n) is 16.7. The van der Waals surface area contributed by atoms with E-state index in [0.717, 1.165) is 17.1 Å². The molecule has 4 rings (SSSR count). The number of ether oxygens (including phenoxy) is 1. The molecule has 7 nitrogen and oxygen atoms in total. The van der Waals surface area contributed by atoms with Crippen molar-refractivity contribution < 1.29 is 14.3 Å². The number of nitrogens with zero attached hydrogens (tertiary/aromatic N) is 3. The SMILES string of the molecule is COC(=O)c1ccc(-n2c(C)cc(C(=O)Cn3cnc4sccc4c3=O)c2C)cc1. The second-order valence-electron chi connectivity index (χ2n) is 6.90. The van der Waals surface area contributed by atoms with E-state index in [4.69, 9.17) is 4.74 Å². The molecule has 30 heavy (non-hydrogen) atoms. The van der Waals surface area contributed by atoms with Crippen molar-refractivity contribution >= 4 is 33.3 Å². The fourth-order valence-electron chi connectivity index (χ4n) is 3.55. The van der Waals surface area contributed by atoms with E-state index >= 15 is 0 Å². The first-order valence-electron chi connectivity index (χ1n) is 9.24. The number of hydrogen-bond acceptors (Lipinski definition) is 6. The molecule has 0 amide bonds. The maximum Gasteiger partial charge on any atom is 0.337 e. The molecule has 0 saturated carbocycles. The molecule has 0 atom stereocenters. The van der Waals surface area contributed by atoms with E-state index in [2.05, 4.69) is 4.98 Å². The van der Waals surface area contributed by atoms with E-state index < -0.39 is 5.97 Å². The third-order valence-electron chi connectivity index (χ3n) is 5.04. The Kier molecular flexibility index (Phi) is 5.09. The van der Waals surface area contributed by atoms with Crippen LogP contribution in [0.4, 0.5) is 0 Å². The Hall–Kier alpha value is -3.52. The molecule has 4 aromatic rings. The van der Waals surface area contributed by atoms with Crippen LogP contribution in [0.3, 0.4) is 0 Å². The molecule has 0 bridgehead atoms. The fourth-order valence-corrected chi connectivity index (χ4v) is 4.28. The molecule has 0 aliphatic rings. The van der Waals surface area contributed by atoms with Crippen LogP contribution in [0.25, 0.3) is 15.9 Å². The van der Waals surface area contributed by atoms with Crippen LogP contribution in [-0.4, -0.2) is 33.0 Å². The summed E-state index contributed by atoms with van der Waals surface area (Å²) in [4.78, 5) is 42.1. The summed E-state index contributed by atoms with van der Waals surface area (Å²) in [5.74, 6) is -0.570. The van der Waals surface area contributed by atoms with Crippen molar-refractivity contribution in [3.63, 3.8) is 0 Å². The number of Topliss-reactive ketones (excluding diaryl/α,β-unsaturated/α-hetero) is 1. The first-order chi connectivity index (χ1) is 14.4. The van der Waals surface area contributed by atoms with Crippen molar-refractivity contribution in [1.29, 1.82) is 0 Å². The standard InChI is InChI=1S/C22H19N3O4S/c1-13-10-18(14(2)25(13)16-6-4-15(5-7-16)22(28)29-3)19(26)11-24-12-23-20-17(21(24)27)8-9-30-20/h4-10,12H,11H2,1-3H3. The number of methoxy groups -OCH3 is 1. The quantitative estimate of drug-likeness (QED) is 0.364. The summed E-state index contributed by atoms with van der Waals surface area (Å²) in [6, 6.07) is 10.5. The highest BCUT2D eigenvalue weighted by atomic mass is 32.1. The minimum Gasteiger partial charge on any atom is -0.465 e. The summed E-state index contributed by atoms with van der Waals surface area (Å²) in [7, 11) is 1.34. The number of esters is 1. The number of ketones is 1. The number of carbonyl (C=O) groups excluding carboxylic acids is 2. The molecule has 1 aromatic carbocycles. The third kappa shape index (κ3) is 3.35. The number of hydrogen-bond donors (Lipinski definition) is 0. The van der Waals surface area contributed by atoms with Gasteiger partial charge in [0.1, 0.15) is 4.83 Å². The molecular weight excluding hydrogens is 402 g/mol. The average molecular weight is 421 g/mol. The van der Waals surface area contributed by atoms with Crippen LogP contribution in [0, 0.1) is 13.8 Å². The summed E-state index contributed by atoms with van der Waals surface area (Å²) in [6.45, 7) is 3.68. The Balaban J connectivity index is 1.65. The van der Waals surface area contributed by atoms with Crippen molar-refractivity contribution in [2.75, 3.05) is 7.11 Å². The van der Waals surface area contributed by atoms with Crippen LogP contribution in [0.2, 0.25) is 0 Å². The summed E-state index contributed by atoms with van der Waals surface area (Å²) in [5, 5.41) is 2.33. The Morgan fingerprint density at radius 2 is 1.87 bits per heavy atom. The lowest BCUT2D eigenvalue weighted by molar-refractivity contribution is 0.0600. The number of benzene rings is 1. The molecule has 0 aliphatic heterocycles. The molecule has 152 valence electrons. The fraction of sp³-hybridized carbons (Fsp3) is 0.182. The minimum atomic E-state index is -0.403. The third-order valence-corrected chi connectivity index (χ3v) is 5.86. The number of aryl methyl sites for hydroxylation is 1. The van der Waals surface area contributed by atoms with Crippen LogP contribution in [0.15, 0.2) is 52.9 Å². The number of fused-ring (bicyclic) bond motifs is 1. The van der Waals surface area contributed by atoms with Gasteiger partial charge in [0.15, 0.2) is 5.78 Å². The highest BCUT2D eigenvalue weighted by molar-refractivity contribution is 7.16. The van der Waals surface area contributed by atoms with Gasteiger partial charge in [-0.1, -0.05) is 0 Å². The molecule has 0 fully saturated rings. The molecule has 8 heteroatoms. The van der Waals surface area contributed by atoms with Gasteiger partial charge in [0, 0.05) is 22.6 Å². The molecule has 3 aromatic heterocycles. The number of thiophene rings is 1. The predicted octanol–water partition coefficient (Wildman–Crippen LogP) is 3.54. The molecule has 3 heterocycles. The Morgan fingerprint density at radius 1 is 1.13 bits per heavy atom. The van der Waals surface area contributed by atoms with Crippen LogP contribution >= 0.6 is 11.3 Å². The lowest BCUT2D eigenvalue weighted by atomic mass is 10.1. The predicted molar refractivity (Wildman–Crippen MR) is 115 cm³/mol. The maximum atomic E-state index is 13.0. The molecule has 0 aliphatic carbocycles. The Morgan fingerprint density at radius 3 is 2.57 bits per heavy atom. The molecular formula is C22H19N3O4S. The number of aromatic nitrogens is 3. The topological polar surface area (TPSA) is 83.2 Å². The van der Waals surface area contributed by atoms with Crippen LogP contribution in [0.5, 0.6) is 0 Å². The van der Waals surface area contributed by atoms with Crippen molar-refractivity contribution in [3.8, 4) is 5.69 Å². The van der Waals surface area contributed by atoms with Gasteiger partial charge in [-0.25, -0.2) is 9.78 Å². The molecule has 0 unspecified atom stereocenters. The van der Waals surface area contributed by atoms with Gasteiger partial charge in [0.05, 0.1) is 30.9 Å². The first kappa shape index (κ1) is 19.8. The van der Waals surface area contributed by atoms with Crippen molar-refractivity contribution in [2.45, 2.75) is 20.4 Å². The molecule has 0 spiro atoms. The second kappa shape index (κ2) is 7.72. The average Bonchev–Trinajstić information content (AvgIpc) is 3.34. The van der Waals surface area contributed by atoms with Gasteiger partial charge in [-0.05, 0) is 55.6 Å². The Labute approximate surface area is 176 Å². The van der Waals surface area contributed by atoms with Crippen LogP contribution in [0.1, 0.15) is 32.1 Å². The van der Waals surface area contributed by atoms with Gasteiger partial charge in [0.25, 0.3) is 5.56 Å². The van der Waals surface area contributed by atoms with E-state index in [1.165, 1.54) is 29.3 Å². The zero-order chi connectivity index (χ0) is 21.4. The Bertz CT molecular complexity index is 1330. The second-order valence-corrected chi connectivity index (χ2v) is 7.79. The van der Waals surface area contributed by atoms with Crippen LogP contribution in [-0.2, 0) is 11.3 Å². The maximum absolute atomic E-state index is 13.0. The monoisotopic (exact) mass is 421 g/mol. The summed E-state index contributed by atoms with van der Waals surface area (Å²) in [5.41, 5.74) is 3.25.